The van der Waals surface area contributed by atoms with Crippen LogP contribution in [0.3, 0.4) is 0 Å². The first-order valence-corrected chi connectivity index (χ1v) is 7.17. The summed E-state index contributed by atoms with van der Waals surface area (Å²) < 4.78 is 12.7. The second-order valence-corrected chi connectivity index (χ2v) is 5.54. The molecule has 0 saturated carbocycles. The van der Waals surface area contributed by atoms with Gasteiger partial charge in [0.2, 0.25) is 0 Å². The molecule has 1 saturated heterocycles. The highest BCUT2D eigenvalue weighted by molar-refractivity contribution is 4.90. The fourth-order valence-electron chi connectivity index (χ4n) is 2.72. The molecule has 4 unspecified atom stereocenters. The molecule has 0 aromatic heterocycles. The molecule has 2 nitrogen and oxygen atoms in total. The molecule has 1 aliphatic rings. The van der Waals surface area contributed by atoms with Gasteiger partial charge in [0.1, 0.15) is 6.67 Å². The Labute approximate surface area is 106 Å². The van der Waals surface area contributed by atoms with E-state index in [1.807, 2.05) is 0 Å². The maximum Gasteiger partial charge on any atom is 0.102 e. The molecule has 1 fully saturated rings. The number of hydrogen-bond donors (Lipinski definition) is 1. The van der Waals surface area contributed by atoms with Crippen molar-refractivity contribution in [3.05, 3.63) is 0 Å². The molecule has 1 N–H and O–H groups in total. The fraction of sp³-hybridized carbons (Fsp3) is 1.00. The zero-order valence-electron chi connectivity index (χ0n) is 11.9. The van der Waals surface area contributed by atoms with Crippen molar-refractivity contribution in [3.8, 4) is 0 Å². The minimum Gasteiger partial charge on any atom is -0.311 e. The van der Waals surface area contributed by atoms with Crippen molar-refractivity contribution < 1.29 is 4.39 Å². The average molecular weight is 244 g/mol. The van der Waals surface area contributed by atoms with Crippen LogP contribution >= 0.6 is 0 Å². The Morgan fingerprint density at radius 3 is 2.41 bits per heavy atom. The molecule has 1 heterocycles. The van der Waals surface area contributed by atoms with E-state index in [0.717, 1.165) is 13.1 Å². The highest BCUT2D eigenvalue weighted by Crippen LogP contribution is 2.21. The topological polar surface area (TPSA) is 15.3 Å². The van der Waals surface area contributed by atoms with Crippen molar-refractivity contribution in [2.75, 3.05) is 26.3 Å². The lowest BCUT2D eigenvalue weighted by Gasteiger charge is -2.44. The maximum atomic E-state index is 12.7. The van der Waals surface area contributed by atoms with Gasteiger partial charge in [-0.1, -0.05) is 40.5 Å². The van der Waals surface area contributed by atoms with Crippen LogP contribution in [-0.4, -0.2) is 43.3 Å². The number of alkyl halides is 1. The summed E-state index contributed by atoms with van der Waals surface area (Å²) >= 11 is 0. The Morgan fingerprint density at radius 2 is 1.88 bits per heavy atom. The summed E-state index contributed by atoms with van der Waals surface area (Å²) in [5.41, 5.74) is 0. The van der Waals surface area contributed by atoms with E-state index in [9.17, 15) is 4.39 Å². The lowest BCUT2D eigenvalue weighted by molar-refractivity contribution is 0.0705. The van der Waals surface area contributed by atoms with Gasteiger partial charge in [-0.15, -0.1) is 0 Å². The van der Waals surface area contributed by atoms with Crippen LogP contribution < -0.4 is 5.32 Å². The molecule has 0 bridgehead atoms. The van der Waals surface area contributed by atoms with Crippen LogP contribution in [0.15, 0.2) is 0 Å². The molecule has 0 spiro atoms. The summed E-state index contributed by atoms with van der Waals surface area (Å²) in [6.07, 6.45) is 2.36. The summed E-state index contributed by atoms with van der Waals surface area (Å²) in [4.78, 5) is 2.36. The van der Waals surface area contributed by atoms with Gasteiger partial charge in [-0.2, -0.15) is 0 Å². The Balaban J connectivity index is 2.60. The first kappa shape index (κ1) is 14.9. The summed E-state index contributed by atoms with van der Waals surface area (Å²) in [6.45, 7) is 11.4. The van der Waals surface area contributed by atoms with E-state index in [2.05, 4.69) is 37.9 Å². The zero-order chi connectivity index (χ0) is 12.8. The fourth-order valence-corrected chi connectivity index (χ4v) is 2.72. The molecule has 0 aromatic carbocycles. The Morgan fingerprint density at radius 1 is 1.24 bits per heavy atom. The number of nitrogens with zero attached hydrogens (tertiary/aromatic N) is 1. The lowest BCUT2D eigenvalue weighted by atomic mass is 9.90. The van der Waals surface area contributed by atoms with Gasteiger partial charge in [-0.25, -0.2) is 4.39 Å². The van der Waals surface area contributed by atoms with Crippen LogP contribution in [0.1, 0.15) is 40.5 Å². The number of rotatable bonds is 6. The highest BCUT2D eigenvalue weighted by atomic mass is 19.1. The normalized spacial score (nSPS) is 30.2. The smallest absolute Gasteiger partial charge is 0.102 e. The number of nitrogens with one attached hydrogen (secondary N) is 1. The lowest BCUT2D eigenvalue weighted by Crippen LogP contribution is -2.60. The van der Waals surface area contributed by atoms with Crippen molar-refractivity contribution >= 4 is 0 Å². The van der Waals surface area contributed by atoms with E-state index in [4.69, 9.17) is 0 Å². The van der Waals surface area contributed by atoms with Crippen LogP contribution in [-0.2, 0) is 0 Å². The summed E-state index contributed by atoms with van der Waals surface area (Å²) in [5.74, 6) is 1.32. The van der Waals surface area contributed by atoms with E-state index in [1.165, 1.54) is 12.8 Å². The largest absolute Gasteiger partial charge is 0.311 e. The van der Waals surface area contributed by atoms with Crippen molar-refractivity contribution in [3.63, 3.8) is 0 Å². The van der Waals surface area contributed by atoms with E-state index in [1.54, 1.807) is 0 Å². The molecule has 0 aromatic rings. The average Bonchev–Trinajstić information content (AvgIpc) is 2.37. The number of halogens is 1. The third kappa shape index (κ3) is 3.92. The van der Waals surface area contributed by atoms with Crippen LogP contribution in [0.25, 0.3) is 0 Å². The summed E-state index contributed by atoms with van der Waals surface area (Å²) in [6, 6.07) is 1.04. The Kier molecular flexibility index (Phi) is 6.42. The molecule has 3 heteroatoms. The zero-order valence-corrected chi connectivity index (χ0v) is 11.9. The van der Waals surface area contributed by atoms with Crippen LogP contribution in [0.2, 0.25) is 0 Å². The SMILES string of the molecule is CCC(C)C1CN(CCF)C(C(C)CC)CN1. The second-order valence-electron chi connectivity index (χ2n) is 5.54. The standard InChI is InChI=1S/C14H29FN2/c1-5-11(3)13-10-17(8-7-15)14(9-16-13)12(4)6-2/h11-14,16H,5-10H2,1-4H3. The van der Waals surface area contributed by atoms with E-state index < -0.39 is 0 Å². The molecule has 17 heavy (non-hydrogen) atoms. The molecule has 1 rings (SSSR count). The molecule has 0 aliphatic carbocycles. The molecule has 102 valence electrons. The molecule has 0 radical (unpaired) electrons. The predicted octanol–water partition coefficient (Wildman–Crippen LogP) is 2.69. The van der Waals surface area contributed by atoms with E-state index >= 15 is 0 Å². The van der Waals surface area contributed by atoms with E-state index in [-0.39, 0.29) is 6.67 Å². The monoisotopic (exact) mass is 244 g/mol. The number of hydrogen-bond acceptors (Lipinski definition) is 2. The molecular weight excluding hydrogens is 215 g/mol. The minimum atomic E-state index is -0.222. The molecule has 0 amide bonds. The van der Waals surface area contributed by atoms with E-state index in [0.29, 0.717) is 30.5 Å². The van der Waals surface area contributed by atoms with Crippen molar-refractivity contribution in [2.24, 2.45) is 11.8 Å². The third-order valence-corrected chi connectivity index (χ3v) is 4.49. The number of piperazine rings is 1. The Hall–Kier alpha value is -0.150. The Bertz CT molecular complexity index is 210. The van der Waals surface area contributed by atoms with Gasteiger partial charge in [-0.3, -0.25) is 4.90 Å². The van der Waals surface area contributed by atoms with Crippen molar-refractivity contribution in [1.29, 1.82) is 0 Å². The first-order valence-electron chi connectivity index (χ1n) is 7.17. The van der Waals surface area contributed by atoms with Gasteiger partial charge in [0.15, 0.2) is 0 Å². The summed E-state index contributed by atoms with van der Waals surface area (Å²) in [7, 11) is 0. The van der Waals surface area contributed by atoms with Gasteiger partial charge in [0.05, 0.1) is 0 Å². The van der Waals surface area contributed by atoms with Gasteiger partial charge < -0.3 is 5.32 Å². The van der Waals surface area contributed by atoms with Gasteiger partial charge >= 0.3 is 0 Å². The predicted molar refractivity (Wildman–Crippen MR) is 72.0 cm³/mol. The van der Waals surface area contributed by atoms with Gasteiger partial charge in [0, 0.05) is 31.7 Å². The highest BCUT2D eigenvalue weighted by Gasteiger charge is 2.32. The van der Waals surface area contributed by atoms with Crippen LogP contribution in [0, 0.1) is 11.8 Å². The minimum absolute atomic E-state index is 0.222. The van der Waals surface area contributed by atoms with Crippen LogP contribution in [0.4, 0.5) is 4.39 Å². The van der Waals surface area contributed by atoms with Gasteiger partial charge in [-0.05, 0) is 11.8 Å². The molecule has 4 atom stereocenters. The van der Waals surface area contributed by atoms with Gasteiger partial charge in [0.25, 0.3) is 0 Å². The van der Waals surface area contributed by atoms with Crippen molar-refractivity contribution in [2.45, 2.75) is 52.6 Å². The van der Waals surface area contributed by atoms with Crippen molar-refractivity contribution in [1.82, 2.24) is 10.2 Å². The second kappa shape index (κ2) is 7.32. The summed E-state index contributed by atoms with van der Waals surface area (Å²) in [5, 5.41) is 3.66. The maximum absolute atomic E-state index is 12.7. The third-order valence-electron chi connectivity index (χ3n) is 4.49. The first-order chi connectivity index (χ1) is 8.13. The van der Waals surface area contributed by atoms with Crippen LogP contribution in [0.5, 0.6) is 0 Å². The molecule has 1 aliphatic heterocycles. The quantitative estimate of drug-likeness (QED) is 0.773. The molecular formula is C14H29FN2.